The molecule has 1 heteroatoms. The van der Waals surface area contributed by atoms with E-state index in [-0.39, 0.29) is 0 Å². The van der Waals surface area contributed by atoms with Gasteiger partial charge in [0, 0.05) is 13.1 Å². The summed E-state index contributed by atoms with van der Waals surface area (Å²) in [4.78, 5) is 2.60. The third-order valence-corrected chi connectivity index (χ3v) is 5.48. The van der Waals surface area contributed by atoms with Crippen LogP contribution in [-0.4, -0.2) is 11.4 Å². The number of allylic oxidation sites excluding steroid dienone is 2. The van der Waals surface area contributed by atoms with E-state index in [2.05, 4.69) is 84.6 Å². The zero-order valence-electron chi connectivity index (χ0n) is 18.6. The van der Waals surface area contributed by atoms with E-state index in [1.165, 1.54) is 81.9 Å². The van der Waals surface area contributed by atoms with Crippen molar-refractivity contribution in [1.29, 1.82) is 0 Å². The van der Waals surface area contributed by atoms with E-state index in [0.717, 1.165) is 13.1 Å². The van der Waals surface area contributed by atoms with Crippen LogP contribution in [0.3, 0.4) is 0 Å². The minimum Gasteiger partial charge on any atom is -0.295 e. The van der Waals surface area contributed by atoms with E-state index >= 15 is 0 Å². The van der Waals surface area contributed by atoms with Crippen LogP contribution in [0.5, 0.6) is 0 Å². The first kappa shape index (κ1) is 23.4. The van der Waals surface area contributed by atoms with Crippen molar-refractivity contribution in [2.75, 3.05) is 6.54 Å². The monoisotopic (exact) mass is 391 g/mol. The number of nitrogens with zero attached hydrogens (tertiary/aromatic N) is 1. The van der Waals surface area contributed by atoms with Gasteiger partial charge in [-0.3, -0.25) is 4.90 Å². The lowest BCUT2D eigenvalue weighted by Crippen LogP contribution is -2.24. The maximum atomic E-state index is 2.60. The summed E-state index contributed by atoms with van der Waals surface area (Å²) >= 11 is 0. The molecule has 2 aromatic rings. The molecule has 0 aliphatic heterocycles. The molecule has 0 aromatic heterocycles. The molecule has 0 aliphatic rings. The second kappa shape index (κ2) is 16.0. The highest BCUT2D eigenvalue weighted by Crippen LogP contribution is 2.13. The van der Waals surface area contributed by atoms with E-state index in [0.29, 0.717) is 0 Å². The number of benzene rings is 2. The van der Waals surface area contributed by atoms with E-state index in [1.807, 2.05) is 0 Å². The fourth-order valence-corrected chi connectivity index (χ4v) is 3.77. The highest BCUT2D eigenvalue weighted by atomic mass is 15.1. The standard InChI is InChI=1S/C28H41N/c1-2-3-4-5-6-7-8-9-10-11-12-19-24-29(25-27-20-15-13-16-21-27)26-28-22-17-14-18-23-28/h6-7,13-18,20-23H,2-5,8-12,19,24-26H2,1H3/b7-6+. The molecule has 0 saturated carbocycles. The number of hydrogen-bond acceptors (Lipinski definition) is 1. The Morgan fingerprint density at radius 1 is 0.586 bits per heavy atom. The van der Waals surface area contributed by atoms with Gasteiger partial charge in [0.15, 0.2) is 0 Å². The van der Waals surface area contributed by atoms with Crippen molar-refractivity contribution < 1.29 is 0 Å². The summed E-state index contributed by atoms with van der Waals surface area (Å²) in [5.41, 5.74) is 2.82. The molecule has 0 spiro atoms. The Balaban J connectivity index is 1.62. The Bertz CT molecular complexity index is 590. The highest BCUT2D eigenvalue weighted by molar-refractivity contribution is 5.17. The van der Waals surface area contributed by atoms with E-state index < -0.39 is 0 Å². The van der Waals surface area contributed by atoms with Gasteiger partial charge in [0.05, 0.1) is 0 Å². The summed E-state index contributed by atoms with van der Waals surface area (Å²) in [5, 5.41) is 0. The lowest BCUT2D eigenvalue weighted by molar-refractivity contribution is 0.250. The maximum absolute atomic E-state index is 2.60. The Hall–Kier alpha value is -1.86. The minimum absolute atomic E-state index is 1.04. The Labute approximate surface area is 179 Å². The van der Waals surface area contributed by atoms with Crippen LogP contribution >= 0.6 is 0 Å². The van der Waals surface area contributed by atoms with Gasteiger partial charge in [-0.2, -0.15) is 0 Å². The number of hydrogen-bond donors (Lipinski definition) is 0. The summed E-state index contributed by atoms with van der Waals surface area (Å²) in [6.07, 6.45) is 18.1. The molecule has 0 amide bonds. The first-order valence-electron chi connectivity index (χ1n) is 11.8. The largest absolute Gasteiger partial charge is 0.295 e. The molecule has 0 aliphatic carbocycles. The van der Waals surface area contributed by atoms with Gasteiger partial charge in [0.2, 0.25) is 0 Å². The molecule has 0 heterocycles. The van der Waals surface area contributed by atoms with Crippen molar-refractivity contribution in [1.82, 2.24) is 4.90 Å². The number of unbranched alkanes of at least 4 members (excludes halogenated alkanes) is 8. The first-order valence-corrected chi connectivity index (χ1v) is 11.8. The molecule has 0 saturated heterocycles. The Kier molecular flexibility index (Phi) is 12.9. The van der Waals surface area contributed by atoms with Gasteiger partial charge in [0.1, 0.15) is 0 Å². The molecule has 0 atom stereocenters. The molecule has 158 valence electrons. The van der Waals surface area contributed by atoms with Crippen LogP contribution in [-0.2, 0) is 13.1 Å². The molecular formula is C28H41N. The van der Waals surface area contributed by atoms with Gasteiger partial charge >= 0.3 is 0 Å². The third kappa shape index (κ3) is 11.7. The van der Waals surface area contributed by atoms with E-state index in [4.69, 9.17) is 0 Å². The van der Waals surface area contributed by atoms with Crippen LogP contribution in [0.15, 0.2) is 72.8 Å². The molecular weight excluding hydrogens is 350 g/mol. The molecule has 0 unspecified atom stereocenters. The van der Waals surface area contributed by atoms with E-state index in [9.17, 15) is 0 Å². The SMILES string of the molecule is CCCCC/C=C/CCCCCCCN(Cc1ccccc1)Cc1ccccc1. The van der Waals surface area contributed by atoms with Crippen LogP contribution in [0.25, 0.3) is 0 Å². The topological polar surface area (TPSA) is 3.24 Å². The summed E-state index contributed by atoms with van der Waals surface area (Å²) in [7, 11) is 0. The third-order valence-electron chi connectivity index (χ3n) is 5.48. The van der Waals surface area contributed by atoms with Gasteiger partial charge in [-0.25, -0.2) is 0 Å². The summed E-state index contributed by atoms with van der Waals surface area (Å²) < 4.78 is 0. The van der Waals surface area contributed by atoms with Crippen LogP contribution in [0.4, 0.5) is 0 Å². The second-order valence-electron chi connectivity index (χ2n) is 8.21. The van der Waals surface area contributed by atoms with Crippen LogP contribution in [0.1, 0.15) is 82.3 Å². The Morgan fingerprint density at radius 2 is 1.07 bits per heavy atom. The van der Waals surface area contributed by atoms with Crippen LogP contribution in [0.2, 0.25) is 0 Å². The molecule has 2 rings (SSSR count). The van der Waals surface area contributed by atoms with Crippen LogP contribution < -0.4 is 0 Å². The van der Waals surface area contributed by atoms with E-state index in [1.54, 1.807) is 0 Å². The summed E-state index contributed by atoms with van der Waals surface area (Å²) in [5.74, 6) is 0. The van der Waals surface area contributed by atoms with Crippen molar-refractivity contribution in [3.8, 4) is 0 Å². The van der Waals surface area contributed by atoms with Crippen molar-refractivity contribution in [2.45, 2.75) is 84.2 Å². The van der Waals surface area contributed by atoms with Gasteiger partial charge in [-0.05, 0) is 49.8 Å². The zero-order chi connectivity index (χ0) is 20.4. The van der Waals surface area contributed by atoms with Gasteiger partial charge < -0.3 is 0 Å². The van der Waals surface area contributed by atoms with Crippen molar-refractivity contribution in [2.24, 2.45) is 0 Å². The molecule has 1 nitrogen and oxygen atoms in total. The fraction of sp³-hybridized carbons (Fsp3) is 0.500. The molecule has 0 N–H and O–H groups in total. The average Bonchev–Trinajstić information content (AvgIpc) is 2.76. The zero-order valence-corrected chi connectivity index (χ0v) is 18.6. The molecule has 2 aromatic carbocycles. The van der Waals surface area contributed by atoms with Crippen molar-refractivity contribution in [3.63, 3.8) is 0 Å². The second-order valence-corrected chi connectivity index (χ2v) is 8.21. The predicted molar refractivity (Wildman–Crippen MR) is 128 cm³/mol. The van der Waals surface area contributed by atoms with Gasteiger partial charge in [0.25, 0.3) is 0 Å². The van der Waals surface area contributed by atoms with Gasteiger partial charge in [-0.1, -0.05) is 112 Å². The minimum atomic E-state index is 1.04. The van der Waals surface area contributed by atoms with Crippen molar-refractivity contribution in [3.05, 3.63) is 83.9 Å². The van der Waals surface area contributed by atoms with Crippen molar-refractivity contribution >= 4 is 0 Å². The quantitative estimate of drug-likeness (QED) is 0.206. The lowest BCUT2D eigenvalue weighted by atomic mass is 10.1. The molecule has 0 radical (unpaired) electrons. The summed E-state index contributed by atoms with van der Waals surface area (Å²) in [6.45, 7) is 5.53. The Morgan fingerprint density at radius 3 is 1.62 bits per heavy atom. The normalized spacial score (nSPS) is 11.5. The maximum Gasteiger partial charge on any atom is 0.0237 e. The first-order chi connectivity index (χ1) is 14.4. The highest BCUT2D eigenvalue weighted by Gasteiger charge is 2.07. The van der Waals surface area contributed by atoms with Crippen LogP contribution in [0, 0.1) is 0 Å². The fourth-order valence-electron chi connectivity index (χ4n) is 3.77. The molecule has 29 heavy (non-hydrogen) atoms. The molecule has 0 bridgehead atoms. The average molecular weight is 392 g/mol. The molecule has 0 fully saturated rings. The lowest BCUT2D eigenvalue weighted by Gasteiger charge is -2.22. The summed E-state index contributed by atoms with van der Waals surface area (Å²) in [6, 6.07) is 21.8. The van der Waals surface area contributed by atoms with Gasteiger partial charge in [-0.15, -0.1) is 0 Å². The number of rotatable bonds is 16. The predicted octanol–water partition coefficient (Wildman–Crippen LogP) is 8.17. The smallest absolute Gasteiger partial charge is 0.0237 e.